The zero-order valence-corrected chi connectivity index (χ0v) is 32.6. The molecule has 0 aliphatic rings. The zero-order valence-electron chi connectivity index (χ0n) is 30.1. The van der Waals surface area contributed by atoms with Gasteiger partial charge >= 0.3 is 0 Å². The Kier molecular flexibility index (Phi) is 33.5. The Morgan fingerprint density at radius 3 is 1.88 bits per heavy atom. The number of aryl methyl sites for hydroxylation is 1. The Balaban J connectivity index is -0.00000800. The van der Waals surface area contributed by atoms with E-state index in [2.05, 4.69) is 21.3 Å². The number of amides is 4. The molecule has 0 unspecified atom stereocenters. The third-order valence-electron chi connectivity index (χ3n) is 7.90. The predicted octanol–water partition coefficient (Wildman–Crippen LogP) is 0.201. The quantitative estimate of drug-likeness (QED) is 0.0325. The number of aliphatic hydroxyl groups excluding tert-OH is 1. The topological polar surface area (TPSA) is 294 Å². The number of nitrogens with two attached hydrogens (primary N) is 5. The highest BCUT2D eigenvalue weighted by atomic mass is 35.5. The van der Waals surface area contributed by atoms with Crippen molar-refractivity contribution in [2.24, 2.45) is 28.7 Å². The van der Waals surface area contributed by atoms with Crippen molar-refractivity contribution in [2.75, 3.05) is 51.2 Å². The largest absolute Gasteiger partial charge is 0.394 e. The number of anilines is 1. The van der Waals surface area contributed by atoms with Gasteiger partial charge in [0.25, 0.3) is 0 Å². The van der Waals surface area contributed by atoms with Crippen LogP contribution in [0.25, 0.3) is 0 Å². The van der Waals surface area contributed by atoms with Gasteiger partial charge in [0, 0.05) is 38.3 Å². The fourth-order valence-corrected chi connectivity index (χ4v) is 5.04. The van der Waals surface area contributed by atoms with Gasteiger partial charge in [-0.05, 0) is 88.6 Å². The summed E-state index contributed by atoms with van der Waals surface area (Å²) in [5, 5.41) is 27.8. The van der Waals surface area contributed by atoms with E-state index in [1.165, 1.54) is 0 Å². The average Bonchev–Trinajstić information content (AvgIpc) is 3.08. The third kappa shape index (κ3) is 24.3. The zero-order chi connectivity index (χ0) is 36.4. The molecule has 16 N–H and O–H groups in total. The number of hydrogen-bond acceptors (Lipinski definition) is 10. The summed E-state index contributed by atoms with van der Waals surface area (Å²) in [5.41, 5.74) is 30.2. The summed E-state index contributed by atoms with van der Waals surface area (Å²) >= 11 is 0. The fraction of sp³-hybridized carbons (Fsp3) is 0.667. The molecule has 1 rings (SSSR count). The molecule has 302 valence electrons. The molecule has 0 fully saturated rings. The van der Waals surface area contributed by atoms with E-state index in [4.69, 9.17) is 34.1 Å². The molecule has 0 saturated heterocycles. The smallest absolute Gasteiger partial charge is 0.244 e. The summed E-state index contributed by atoms with van der Waals surface area (Å²) in [6, 6.07) is 5.03. The number of benzene rings is 1. The van der Waals surface area contributed by atoms with Gasteiger partial charge in [-0.3, -0.25) is 24.6 Å². The van der Waals surface area contributed by atoms with Crippen molar-refractivity contribution in [3.8, 4) is 0 Å². The Hall–Kier alpha value is -2.96. The lowest BCUT2D eigenvalue weighted by Crippen LogP contribution is -2.49. The van der Waals surface area contributed by atoms with E-state index >= 15 is 0 Å². The molecule has 1 aromatic carbocycles. The number of nitrogens with zero attached hydrogens (tertiary/aromatic N) is 1. The highest BCUT2D eigenvalue weighted by Crippen LogP contribution is 2.12. The minimum absolute atomic E-state index is 0. The van der Waals surface area contributed by atoms with Gasteiger partial charge in [-0.15, -0.1) is 37.2 Å². The van der Waals surface area contributed by atoms with E-state index in [1.54, 1.807) is 17.0 Å². The first kappa shape index (κ1) is 53.4. The summed E-state index contributed by atoms with van der Waals surface area (Å²) in [6.07, 6.45) is 7.25. The summed E-state index contributed by atoms with van der Waals surface area (Å²) < 4.78 is 0. The molecule has 52 heavy (non-hydrogen) atoms. The molecule has 1 aromatic rings. The molecule has 0 heterocycles. The van der Waals surface area contributed by atoms with Gasteiger partial charge in [0.2, 0.25) is 23.6 Å². The summed E-state index contributed by atoms with van der Waals surface area (Å²) in [4.78, 5) is 52.1. The molecule has 0 radical (unpaired) electrons. The maximum atomic E-state index is 13.1. The van der Waals surface area contributed by atoms with Crippen LogP contribution in [0.1, 0.15) is 76.2 Å². The molecule has 0 aliphatic carbocycles. The Labute approximate surface area is 327 Å². The van der Waals surface area contributed by atoms with Crippen molar-refractivity contribution < 1.29 is 24.3 Å². The minimum Gasteiger partial charge on any atom is -0.394 e. The number of hydrogen-bond donors (Lipinski definition) is 11. The van der Waals surface area contributed by atoms with Crippen LogP contribution in [0.3, 0.4) is 0 Å². The lowest BCUT2D eigenvalue weighted by atomic mass is 10.1. The van der Waals surface area contributed by atoms with E-state index < -0.39 is 30.6 Å². The standard InChI is InChI=1S/C33H61N11O5.3ClH/c34-17-3-1-10-26(36)30(47)40-20-8-22-44(32(49)27(37)11-2-4-18-35)21-6-5-19-41-31(48)28(23-45)43-29(46)12-7-9-24-13-15-25(16-14-24)42-33(38)39;;;/h13-16,26-28,45H,1-12,17-23,34-37H2,(H,40,47)(H,41,48)(H,43,46)(H4,38,39,42);3*1H/t26-,27-,28-;;;/m0.../s1. The van der Waals surface area contributed by atoms with Gasteiger partial charge < -0.3 is 59.9 Å². The van der Waals surface area contributed by atoms with Gasteiger partial charge in [-0.25, -0.2) is 0 Å². The highest BCUT2D eigenvalue weighted by molar-refractivity contribution is 5.90. The maximum Gasteiger partial charge on any atom is 0.244 e. The van der Waals surface area contributed by atoms with E-state index in [9.17, 15) is 24.3 Å². The Morgan fingerprint density at radius 2 is 1.31 bits per heavy atom. The number of halogens is 3. The molecule has 0 aromatic heterocycles. The fourth-order valence-electron chi connectivity index (χ4n) is 5.04. The van der Waals surface area contributed by atoms with E-state index in [-0.39, 0.29) is 67.3 Å². The Bertz CT molecular complexity index is 1140. The number of carbonyl (C=O) groups is 4. The van der Waals surface area contributed by atoms with Crippen molar-refractivity contribution in [3.63, 3.8) is 0 Å². The molecule has 0 spiro atoms. The van der Waals surface area contributed by atoms with Gasteiger partial charge in [0.1, 0.15) is 6.04 Å². The van der Waals surface area contributed by atoms with Crippen molar-refractivity contribution in [2.45, 2.75) is 95.2 Å². The third-order valence-corrected chi connectivity index (χ3v) is 7.90. The van der Waals surface area contributed by atoms with Crippen molar-refractivity contribution >= 4 is 72.5 Å². The number of guanidine groups is 1. The van der Waals surface area contributed by atoms with E-state index in [1.807, 2.05) is 12.1 Å². The van der Waals surface area contributed by atoms with E-state index in [0.29, 0.717) is 89.9 Å². The van der Waals surface area contributed by atoms with Gasteiger partial charge in [-0.2, -0.15) is 0 Å². The summed E-state index contributed by atoms with van der Waals surface area (Å²) in [6.45, 7) is 2.03. The first-order chi connectivity index (χ1) is 23.5. The molecule has 4 amide bonds. The molecule has 16 nitrogen and oxygen atoms in total. The van der Waals surface area contributed by atoms with Crippen LogP contribution in [0, 0.1) is 5.41 Å². The van der Waals surface area contributed by atoms with Crippen molar-refractivity contribution in [1.82, 2.24) is 20.9 Å². The van der Waals surface area contributed by atoms with Crippen LogP contribution in [0.4, 0.5) is 5.69 Å². The molecular formula is C33H64Cl3N11O5. The second-order valence-electron chi connectivity index (χ2n) is 12.1. The summed E-state index contributed by atoms with van der Waals surface area (Å²) in [7, 11) is 0. The van der Waals surface area contributed by atoms with E-state index in [0.717, 1.165) is 31.2 Å². The van der Waals surface area contributed by atoms with Crippen LogP contribution < -0.4 is 49.9 Å². The molecule has 3 atom stereocenters. The van der Waals surface area contributed by atoms with Crippen LogP contribution in [0.15, 0.2) is 24.3 Å². The molecule has 0 bridgehead atoms. The van der Waals surface area contributed by atoms with Crippen LogP contribution in [-0.2, 0) is 25.6 Å². The average molecular weight is 801 g/mol. The first-order valence-electron chi connectivity index (χ1n) is 17.4. The van der Waals surface area contributed by atoms with Crippen LogP contribution >= 0.6 is 37.2 Å². The van der Waals surface area contributed by atoms with Gasteiger partial charge in [0.15, 0.2) is 5.96 Å². The van der Waals surface area contributed by atoms with Crippen LogP contribution in [0.2, 0.25) is 0 Å². The number of nitrogens with one attached hydrogen (secondary N) is 5. The van der Waals surface area contributed by atoms with Gasteiger partial charge in [0.05, 0.1) is 18.7 Å². The first-order valence-corrected chi connectivity index (χ1v) is 17.4. The lowest BCUT2D eigenvalue weighted by Gasteiger charge is -2.26. The molecule has 0 aliphatic heterocycles. The highest BCUT2D eigenvalue weighted by Gasteiger charge is 2.22. The number of aliphatic hydroxyl groups is 1. The van der Waals surface area contributed by atoms with Crippen molar-refractivity contribution in [1.29, 1.82) is 5.41 Å². The molecule has 19 heteroatoms. The lowest BCUT2D eigenvalue weighted by molar-refractivity contribution is -0.133. The second kappa shape index (κ2) is 32.7. The monoisotopic (exact) mass is 799 g/mol. The predicted molar refractivity (Wildman–Crippen MR) is 214 cm³/mol. The second-order valence-corrected chi connectivity index (χ2v) is 12.1. The van der Waals surface area contributed by atoms with Crippen LogP contribution in [0.5, 0.6) is 0 Å². The summed E-state index contributed by atoms with van der Waals surface area (Å²) in [5.74, 6) is -1.38. The SMILES string of the molecule is Cl.Cl.Cl.N=C(N)Nc1ccc(CCCC(=O)N[C@@H](CO)C(=O)NCCCCN(CCCNC(=O)[C@@H](N)CCCCN)C(=O)[C@@H](N)CCCCN)cc1. The molecule has 0 saturated carbocycles. The normalized spacial score (nSPS) is 12.0. The number of carbonyl (C=O) groups excluding carboxylic acids is 4. The number of rotatable bonds is 27. The maximum absolute atomic E-state index is 13.1. The van der Waals surface area contributed by atoms with Gasteiger partial charge in [-0.1, -0.05) is 25.0 Å². The Morgan fingerprint density at radius 1 is 0.750 bits per heavy atom. The van der Waals surface area contributed by atoms with Crippen LogP contribution in [-0.4, -0.2) is 104 Å². The minimum atomic E-state index is -1.07. The molecular weight excluding hydrogens is 737 g/mol. The van der Waals surface area contributed by atoms with Crippen molar-refractivity contribution in [3.05, 3.63) is 29.8 Å². The number of unbranched alkanes of at least 4 members (excludes halogenated alkanes) is 3.